The van der Waals surface area contributed by atoms with Crippen LogP contribution in [0.5, 0.6) is 0 Å². The van der Waals surface area contributed by atoms with Gasteiger partial charge in [0.2, 0.25) is 0 Å². The molecule has 0 amide bonds. The number of ether oxygens (including phenoxy) is 1. The summed E-state index contributed by atoms with van der Waals surface area (Å²) in [6.07, 6.45) is 5.98. The molecule has 0 aromatic heterocycles. The molecule has 1 N–H and O–H groups in total. The van der Waals surface area contributed by atoms with Gasteiger partial charge in [0.1, 0.15) is 0 Å². The largest absolute Gasteiger partial charge is 0.381 e. The van der Waals surface area contributed by atoms with Crippen LogP contribution in [0.2, 0.25) is 0 Å². The van der Waals surface area contributed by atoms with Crippen LogP contribution in [0.1, 0.15) is 36.8 Å². The van der Waals surface area contributed by atoms with Gasteiger partial charge in [-0.1, -0.05) is 73.5 Å². The van der Waals surface area contributed by atoms with E-state index in [1.807, 2.05) is 0 Å². The zero-order chi connectivity index (χ0) is 16.0. The van der Waals surface area contributed by atoms with E-state index in [-0.39, 0.29) is 0 Å². The summed E-state index contributed by atoms with van der Waals surface area (Å²) in [5, 5.41) is 3.50. The molecule has 2 aromatic carbocycles. The van der Waals surface area contributed by atoms with Crippen molar-refractivity contribution in [2.75, 3.05) is 19.8 Å². The standard InChI is InChI=1S/C21H29NO/c1(9-16-22-19-21-13-7-4-8-14-21)2-10-17-23-18-15-20-11-5-3-6-12-20/h3-8,11-14,22H,1-2,9-10,15-19H2. The Hall–Kier alpha value is -1.64. The minimum Gasteiger partial charge on any atom is -0.381 e. The SMILES string of the molecule is c1ccc(CCOCCCCCCNCc2ccccc2)cc1. The molecule has 0 aliphatic rings. The van der Waals surface area contributed by atoms with Crippen LogP contribution in [0, 0.1) is 0 Å². The molecule has 0 bridgehead atoms. The van der Waals surface area contributed by atoms with Gasteiger partial charge in [0.25, 0.3) is 0 Å². The van der Waals surface area contributed by atoms with Crippen molar-refractivity contribution in [3.63, 3.8) is 0 Å². The lowest BCUT2D eigenvalue weighted by Crippen LogP contribution is -2.14. The summed E-state index contributed by atoms with van der Waals surface area (Å²) >= 11 is 0. The summed E-state index contributed by atoms with van der Waals surface area (Å²) in [4.78, 5) is 0. The predicted molar refractivity (Wildman–Crippen MR) is 97.6 cm³/mol. The second-order valence-corrected chi connectivity index (χ2v) is 5.92. The molecule has 0 radical (unpaired) electrons. The van der Waals surface area contributed by atoms with E-state index in [0.717, 1.165) is 32.7 Å². The van der Waals surface area contributed by atoms with Crippen molar-refractivity contribution in [1.29, 1.82) is 0 Å². The summed E-state index contributed by atoms with van der Waals surface area (Å²) < 4.78 is 5.71. The van der Waals surface area contributed by atoms with Crippen molar-refractivity contribution < 1.29 is 4.74 Å². The Balaban J connectivity index is 1.34. The molecule has 0 spiro atoms. The highest BCUT2D eigenvalue weighted by Crippen LogP contribution is 2.03. The van der Waals surface area contributed by atoms with E-state index in [1.165, 1.54) is 36.8 Å². The lowest BCUT2D eigenvalue weighted by molar-refractivity contribution is 0.133. The van der Waals surface area contributed by atoms with E-state index in [1.54, 1.807) is 0 Å². The van der Waals surface area contributed by atoms with E-state index in [9.17, 15) is 0 Å². The maximum atomic E-state index is 5.71. The highest BCUT2D eigenvalue weighted by molar-refractivity contribution is 5.15. The highest BCUT2D eigenvalue weighted by Gasteiger charge is 1.94. The monoisotopic (exact) mass is 311 g/mol. The first-order valence-electron chi connectivity index (χ1n) is 8.81. The predicted octanol–water partition coefficient (Wildman–Crippen LogP) is 4.60. The zero-order valence-corrected chi connectivity index (χ0v) is 14.0. The van der Waals surface area contributed by atoms with Crippen molar-refractivity contribution >= 4 is 0 Å². The Morgan fingerprint density at radius 2 is 1.30 bits per heavy atom. The van der Waals surface area contributed by atoms with Crippen molar-refractivity contribution in [3.8, 4) is 0 Å². The van der Waals surface area contributed by atoms with Gasteiger partial charge in [-0.3, -0.25) is 0 Å². The Kier molecular flexibility index (Phi) is 9.14. The Morgan fingerprint density at radius 3 is 2.04 bits per heavy atom. The summed E-state index contributed by atoms with van der Waals surface area (Å²) in [5.41, 5.74) is 2.72. The number of nitrogens with one attached hydrogen (secondary N) is 1. The normalized spacial score (nSPS) is 10.8. The molecular weight excluding hydrogens is 282 g/mol. The first-order valence-corrected chi connectivity index (χ1v) is 8.81. The van der Waals surface area contributed by atoms with Gasteiger partial charge in [-0.05, 0) is 36.9 Å². The topological polar surface area (TPSA) is 21.3 Å². The van der Waals surface area contributed by atoms with Gasteiger partial charge in [-0.25, -0.2) is 0 Å². The van der Waals surface area contributed by atoms with Crippen LogP contribution in [-0.2, 0) is 17.7 Å². The molecule has 2 rings (SSSR count). The number of unbranched alkanes of at least 4 members (excludes halogenated alkanes) is 3. The second kappa shape index (κ2) is 11.9. The van der Waals surface area contributed by atoms with Crippen LogP contribution in [0.3, 0.4) is 0 Å². The van der Waals surface area contributed by atoms with Gasteiger partial charge < -0.3 is 10.1 Å². The highest BCUT2D eigenvalue weighted by atomic mass is 16.5. The molecule has 2 heteroatoms. The van der Waals surface area contributed by atoms with E-state index < -0.39 is 0 Å². The van der Waals surface area contributed by atoms with Crippen LogP contribution in [0.25, 0.3) is 0 Å². The number of hydrogen-bond donors (Lipinski definition) is 1. The molecule has 0 saturated heterocycles. The van der Waals surface area contributed by atoms with Gasteiger partial charge in [-0.2, -0.15) is 0 Å². The van der Waals surface area contributed by atoms with Crippen LogP contribution in [0.4, 0.5) is 0 Å². The molecule has 2 aromatic rings. The van der Waals surface area contributed by atoms with E-state index in [0.29, 0.717) is 0 Å². The molecule has 2 nitrogen and oxygen atoms in total. The van der Waals surface area contributed by atoms with Gasteiger partial charge in [0.05, 0.1) is 6.61 Å². The Labute approximate surface area is 140 Å². The number of rotatable bonds is 12. The zero-order valence-electron chi connectivity index (χ0n) is 14.0. The number of hydrogen-bond acceptors (Lipinski definition) is 2. The fourth-order valence-electron chi connectivity index (χ4n) is 2.57. The third-order valence-corrected chi connectivity index (χ3v) is 3.94. The lowest BCUT2D eigenvalue weighted by Gasteiger charge is -2.06. The summed E-state index contributed by atoms with van der Waals surface area (Å²) in [7, 11) is 0. The molecule has 23 heavy (non-hydrogen) atoms. The van der Waals surface area contributed by atoms with Crippen molar-refractivity contribution in [2.24, 2.45) is 0 Å². The smallest absolute Gasteiger partial charge is 0.0506 e. The molecule has 0 atom stereocenters. The van der Waals surface area contributed by atoms with Crippen LogP contribution >= 0.6 is 0 Å². The molecule has 0 heterocycles. The maximum Gasteiger partial charge on any atom is 0.0506 e. The molecule has 0 unspecified atom stereocenters. The van der Waals surface area contributed by atoms with E-state index >= 15 is 0 Å². The average Bonchev–Trinajstić information content (AvgIpc) is 2.61. The van der Waals surface area contributed by atoms with Crippen LogP contribution in [-0.4, -0.2) is 19.8 Å². The quantitative estimate of drug-likeness (QED) is 0.579. The van der Waals surface area contributed by atoms with Crippen LogP contribution < -0.4 is 5.32 Å². The third-order valence-electron chi connectivity index (χ3n) is 3.94. The first-order chi connectivity index (χ1) is 11.4. The summed E-state index contributed by atoms with van der Waals surface area (Å²) in [6.45, 7) is 3.81. The Bertz CT molecular complexity index is 450. The van der Waals surface area contributed by atoms with E-state index in [2.05, 4.69) is 66.0 Å². The molecular formula is C21H29NO. The van der Waals surface area contributed by atoms with E-state index in [4.69, 9.17) is 4.74 Å². The fourth-order valence-corrected chi connectivity index (χ4v) is 2.57. The van der Waals surface area contributed by atoms with Crippen molar-refractivity contribution in [3.05, 3.63) is 71.8 Å². The van der Waals surface area contributed by atoms with Gasteiger partial charge in [-0.15, -0.1) is 0 Å². The summed E-state index contributed by atoms with van der Waals surface area (Å²) in [5.74, 6) is 0. The van der Waals surface area contributed by atoms with Crippen LogP contribution in [0.15, 0.2) is 60.7 Å². The van der Waals surface area contributed by atoms with Gasteiger partial charge >= 0.3 is 0 Å². The Morgan fingerprint density at radius 1 is 0.652 bits per heavy atom. The summed E-state index contributed by atoms with van der Waals surface area (Å²) in [6, 6.07) is 21.1. The lowest BCUT2D eigenvalue weighted by atomic mass is 10.2. The molecule has 0 fully saturated rings. The number of benzene rings is 2. The van der Waals surface area contributed by atoms with Gasteiger partial charge in [0, 0.05) is 13.2 Å². The van der Waals surface area contributed by atoms with Gasteiger partial charge in [0.15, 0.2) is 0 Å². The minimum atomic E-state index is 0.836. The molecule has 0 aliphatic heterocycles. The second-order valence-electron chi connectivity index (χ2n) is 5.92. The minimum absolute atomic E-state index is 0.836. The molecule has 0 aliphatic carbocycles. The molecule has 124 valence electrons. The first kappa shape index (κ1) is 17.7. The van der Waals surface area contributed by atoms with Crippen molar-refractivity contribution in [1.82, 2.24) is 5.32 Å². The molecule has 0 saturated carbocycles. The average molecular weight is 311 g/mol. The van der Waals surface area contributed by atoms with Crippen molar-refractivity contribution in [2.45, 2.75) is 38.6 Å². The fraction of sp³-hybridized carbons (Fsp3) is 0.429. The third kappa shape index (κ3) is 8.53. The maximum absolute atomic E-state index is 5.71.